The molecule has 0 fully saturated rings. The van der Waals surface area contributed by atoms with Crippen LogP contribution >= 0.6 is 15.9 Å². The molecule has 0 heterocycles. The molecule has 0 aliphatic heterocycles. The van der Waals surface area contributed by atoms with Crippen molar-refractivity contribution in [2.75, 3.05) is 11.9 Å². The van der Waals surface area contributed by atoms with Crippen molar-refractivity contribution in [3.8, 4) is 11.8 Å². The van der Waals surface area contributed by atoms with Crippen molar-refractivity contribution in [2.45, 2.75) is 34.6 Å². The van der Waals surface area contributed by atoms with E-state index in [1.54, 1.807) is 0 Å². The van der Waals surface area contributed by atoms with Crippen LogP contribution in [-0.2, 0) is 0 Å². The van der Waals surface area contributed by atoms with Crippen molar-refractivity contribution in [2.24, 2.45) is 11.3 Å². The summed E-state index contributed by atoms with van der Waals surface area (Å²) in [6, 6.07) is 5.93. The van der Waals surface area contributed by atoms with Gasteiger partial charge in [0.2, 0.25) is 0 Å². The summed E-state index contributed by atoms with van der Waals surface area (Å²) in [6.45, 7) is 11.3. The largest absolute Gasteiger partial charge is 0.493 e. The Kier molecular flexibility index (Phi) is 5.43. The van der Waals surface area contributed by atoms with Crippen LogP contribution in [0.25, 0.3) is 0 Å². The monoisotopic (exact) mass is 323 g/mol. The minimum absolute atomic E-state index is 0.206. The fourth-order valence-corrected chi connectivity index (χ4v) is 3.11. The summed E-state index contributed by atoms with van der Waals surface area (Å²) in [5, 5.41) is 9.86. The van der Waals surface area contributed by atoms with Crippen molar-refractivity contribution >= 4 is 15.9 Å². The van der Waals surface area contributed by atoms with E-state index >= 15 is 0 Å². The number of halogens is 1. The maximum atomic E-state index is 8.94. The lowest BCUT2D eigenvalue weighted by Crippen LogP contribution is -2.28. The molecule has 1 aromatic rings. The van der Waals surface area contributed by atoms with Gasteiger partial charge in [-0.3, -0.25) is 0 Å². The number of ether oxygens (including phenoxy) is 1. The Labute approximate surface area is 124 Å². The number of nitriles is 1. The third kappa shape index (κ3) is 4.24. The van der Waals surface area contributed by atoms with Crippen LogP contribution in [0.1, 0.15) is 37.5 Å². The minimum atomic E-state index is 0.206. The maximum Gasteiger partial charge on any atom is 0.125 e. The number of hydrogen-bond acceptors (Lipinski definition) is 2. The summed E-state index contributed by atoms with van der Waals surface area (Å²) in [4.78, 5) is 0. The fourth-order valence-electron chi connectivity index (χ4n) is 1.95. The molecule has 0 saturated carbocycles. The molecule has 0 amide bonds. The number of alkyl halides is 1. The molecule has 0 N–H and O–H groups in total. The van der Waals surface area contributed by atoms with Gasteiger partial charge in [0.15, 0.2) is 0 Å². The summed E-state index contributed by atoms with van der Waals surface area (Å²) in [6.07, 6.45) is 0. The third-order valence-electron chi connectivity index (χ3n) is 3.43. The molecule has 0 radical (unpaired) electrons. The van der Waals surface area contributed by atoms with E-state index < -0.39 is 0 Å². The van der Waals surface area contributed by atoms with Gasteiger partial charge in [-0.2, -0.15) is 5.26 Å². The van der Waals surface area contributed by atoms with E-state index in [0.29, 0.717) is 18.1 Å². The molecule has 19 heavy (non-hydrogen) atoms. The van der Waals surface area contributed by atoms with E-state index in [1.807, 2.05) is 26.0 Å². The van der Waals surface area contributed by atoms with Gasteiger partial charge in [-0.15, -0.1) is 0 Å². The average Bonchev–Trinajstić information content (AvgIpc) is 2.30. The maximum absolute atomic E-state index is 8.94. The molecule has 3 heteroatoms. The van der Waals surface area contributed by atoms with Crippen LogP contribution in [0.15, 0.2) is 12.1 Å². The van der Waals surface area contributed by atoms with Crippen molar-refractivity contribution in [3.63, 3.8) is 0 Å². The molecule has 1 unspecified atom stereocenters. The zero-order valence-corrected chi connectivity index (χ0v) is 14.0. The normalized spacial score (nSPS) is 12.9. The standard InChI is InChI=1S/C16H22BrNO/c1-11-6-13(9-18)7-12(2)15(11)19-10-14(8-17)16(3,4)5/h6-7,14H,8,10H2,1-5H3. The number of hydrogen-bond donors (Lipinski definition) is 0. The van der Waals surface area contributed by atoms with Gasteiger partial charge in [-0.25, -0.2) is 0 Å². The molecule has 1 aromatic carbocycles. The van der Waals surface area contributed by atoms with Crippen LogP contribution in [0.2, 0.25) is 0 Å². The highest BCUT2D eigenvalue weighted by Gasteiger charge is 2.24. The van der Waals surface area contributed by atoms with Gasteiger partial charge in [0.05, 0.1) is 18.2 Å². The Morgan fingerprint density at radius 1 is 1.26 bits per heavy atom. The Bertz CT molecular complexity index is 459. The lowest BCUT2D eigenvalue weighted by Gasteiger charge is -2.29. The fraction of sp³-hybridized carbons (Fsp3) is 0.562. The highest BCUT2D eigenvalue weighted by molar-refractivity contribution is 9.09. The van der Waals surface area contributed by atoms with Gasteiger partial charge in [-0.05, 0) is 42.5 Å². The van der Waals surface area contributed by atoms with Gasteiger partial charge in [-0.1, -0.05) is 36.7 Å². The minimum Gasteiger partial charge on any atom is -0.493 e. The van der Waals surface area contributed by atoms with Crippen molar-refractivity contribution in [1.29, 1.82) is 5.26 Å². The Hall–Kier alpha value is -1.01. The second kappa shape index (κ2) is 6.43. The summed E-state index contributed by atoms with van der Waals surface area (Å²) in [7, 11) is 0. The first kappa shape index (κ1) is 16.0. The quantitative estimate of drug-likeness (QED) is 0.758. The van der Waals surface area contributed by atoms with E-state index in [1.165, 1.54) is 0 Å². The van der Waals surface area contributed by atoms with E-state index in [9.17, 15) is 0 Å². The van der Waals surface area contributed by atoms with Crippen LogP contribution in [0.3, 0.4) is 0 Å². The first-order valence-corrected chi connectivity index (χ1v) is 7.62. The Balaban J connectivity index is 2.87. The van der Waals surface area contributed by atoms with Gasteiger partial charge in [0.1, 0.15) is 5.75 Å². The second-order valence-electron chi connectivity index (χ2n) is 6.08. The molecule has 0 aromatic heterocycles. The third-order valence-corrected chi connectivity index (χ3v) is 4.21. The molecule has 104 valence electrons. The SMILES string of the molecule is Cc1cc(C#N)cc(C)c1OCC(CBr)C(C)(C)C. The van der Waals surface area contributed by atoms with Crippen molar-refractivity contribution in [1.82, 2.24) is 0 Å². The number of nitrogens with zero attached hydrogens (tertiary/aromatic N) is 1. The molecule has 1 atom stereocenters. The topological polar surface area (TPSA) is 33.0 Å². The Morgan fingerprint density at radius 3 is 2.16 bits per heavy atom. The smallest absolute Gasteiger partial charge is 0.125 e. The first-order valence-electron chi connectivity index (χ1n) is 6.49. The van der Waals surface area contributed by atoms with Crippen molar-refractivity contribution < 1.29 is 4.74 Å². The van der Waals surface area contributed by atoms with Gasteiger partial charge < -0.3 is 4.74 Å². The van der Waals surface area contributed by atoms with E-state index in [-0.39, 0.29) is 5.41 Å². The molecule has 1 rings (SSSR count). The van der Waals surface area contributed by atoms with E-state index in [4.69, 9.17) is 10.00 Å². The predicted octanol–water partition coefficient (Wildman–Crippen LogP) is 4.61. The molecule has 0 aliphatic rings. The molecular weight excluding hydrogens is 302 g/mol. The molecule has 0 aliphatic carbocycles. The molecular formula is C16H22BrNO. The molecule has 0 bridgehead atoms. The van der Waals surface area contributed by atoms with E-state index in [2.05, 4.69) is 42.8 Å². The van der Waals surface area contributed by atoms with Gasteiger partial charge in [0, 0.05) is 11.2 Å². The summed E-state index contributed by atoms with van der Waals surface area (Å²) in [5.41, 5.74) is 2.95. The van der Waals surface area contributed by atoms with Gasteiger partial charge >= 0.3 is 0 Å². The molecule has 0 spiro atoms. The van der Waals surface area contributed by atoms with Crippen LogP contribution in [0.4, 0.5) is 0 Å². The summed E-state index contributed by atoms with van der Waals surface area (Å²) < 4.78 is 6.01. The number of benzene rings is 1. The van der Waals surface area contributed by atoms with Crippen LogP contribution in [0.5, 0.6) is 5.75 Å². The summed E-state index contributed by atoms with van der Waals surface area (Å²) in [5.74, 6) is 1.36. The van der Waals surface area contributed by atoms with Crippen LogP contribution in [0, 0.1) is 36.5 Å². The highest BCUT2D eigenvalue weighted by Crippen LogP contribution is 2.30. The first-order chi connectivity index (χ1) is 8.79. The van der Waals surface area contributed by atoms with Crippen LogP contribution < -0.4 is 4.74 Å². The second-order valence-corrected chi connectivity index (χ2v) is 6.73. The molecule has 0 saturated heterocycles. The summed E-state index contributed by atoms with van der Waals surface area (Å²) >= 11 is 3.56. The van der Waals surface area contributed by atoms with Gasteiger partial charge in [0.25, 0.3) is 0 Å². The number of rotatable bonds is 4. The van der Waals surface area contributed by atoms with E-state index in [0.717, 1.165) is 22.2 Å². The highest BCUT2D eigenvalue weighted by atomic mass is 79.9. The number of aryl methyl sites for hydroxylation is 2. The molecule has 2 nitrogen and oxygen atoms in total. The predicted molar refractivity (Wildman–Crippen MR) is 82.9 cm³/mol. The Morgan fingerprint density at radius 2 is 1.79 bits per heavy atom. The van der Waals surface area contributed by atoms with Crippen LogP contribution in [-0.4, -0.2) is 11.9 Å². The van der Waals surface area contributed by atoms with Crippen molar-refractivity contribution in [3.05, 3.63) is 28.8 Å². The lowest BCUT2D eigenvalue weighted by atomic mass is 9.83. The zero-order valence-electron chi connectivity index (χ0n) is 12.4. The average molecular weight is 324 g/mol. The zero-order chi connectivity index (χ0) is 14.6. The lowest BCUT2D eigenvalue weighted by molar-refractivity contribution is 0.164.